The molecule has 0 atom stereocenters. The predicted octanol–water partition coefficient (Wildman–Crippen LogP) is 5.02. The zero-order chi connectivity index (χ0) is 12.4. The Labute approximate surface area is 108 Å². The molecule has 0 fully saturated rings. The molecular formula is C13H8Cl2F2. The second-order valence-corrected chi connectivity index (χ2v) is 4.25. The van der Waals surface area contributed by atoms with E-state index in [1.165, 1.54) is 6.07 Å². The van der Waals surface area contributed by atoms with Crippen LogP contribution in [0.3, 0.4) is 0 Å². The summed E-state index contributed by atoms with van der Waals surface area (Å²) in [6.45, 7) is 0. The molecule has 0 heterocycles. The fraction of sp³-hybridized carbons (Fsp3) is 0.0769. The van der Waals surface area contributed by atoms with Crippen molar-refractivity contribution in [2.45, 2.75) is 5.88 Å². The molecule has 0 spiro atoms. The van der Waals surface area contributed by atoms with Gasteiger partial charge in [-0.15, -0.1) is 11.6 Å². The van der Waals surface area contributed by atoms with Gasteiger partial charge in [0.25, 0.3) is 0 Å². The Kier molecular flexibility index (Phi) is 3.65. The van der Waals surface area contributed by atoms with Crippen LogP contribution in [0.4, 0.5) is 8.78 Å². The average molecular weight is 273 g/mol. The van der Waals surface area contributed by atoms with Gasteiger partial charge < -0.3 is 0 Å². The Balaban J connectivity index is 2.55. The van der Waals surface area contributed by atoms with Gasteiger partial charge >= 0.3 is 0 Å². The molecule has 2 aromatic rings. The zero-order valence-electron chi connectivity index (χ0n) is 8.68. The Morgan fingerprint density at radius 2 is 1.71 bits per heavy atom. The zero-order valence-corrected chi connectivity index (χ0v) is 10.2. The SMILES string of the molecule is Fc1ccc(-c2cc(CCl)ccc2Cl)cc1F. The Morgan fingerprint density at radius 1 is 0.941 bits per heavy atom. The van der Waals surface area contributed by atoms with Crippen molar-refractivity contribution in [3.63, 3.8) is 0 Å². The summed E-state index contributed by atoms with van der Waals surface area (Å²) in [5, 5.41) is 0.477. The maximum atomic E-state index is 13.1. The van der Waals surface area contributed by atoms with Gasteiger partial charge in [0.05, 0.1) is 0 Å². The van der Waals surface area contributed by atoms with E-state index in [4.69, 9.17) is 23.2 Å². The molecule has 0 bridgehead atoms. The first-order valence-electron chi connectivity index (χ1n) is 4.91. The summed E-state index contributed by atoms with van der Waals surface area (Å²) in [6.07, 6.45) is 0. The molecule has 0 aliphatic carbocycles. The normalized spacial score (nSPS) is 10.6. The molecule has 17 heavy (non-hydrogen) atoms. The first-order valence-corrected chi connectivity index (χ1v) is 5.83. The van der Waals surface area contributed by atoms with E-state index in [0.29, 0.717) is 22.0 Å². The standard InChI is InChI=1S/C13H8Cl2F2/c14-7-8-1-3-11(15)10(5-8)9-2-4-12(16)13(17)6-9/h1-6H,7H2. The first kappa shape index (κ1) is 12.3. The molecule has 2 aromatic carbocycles. The lowest BCUT2D eigenvalue weighted by Gasteiger charge is -2.07. The number of hydrogen-bond acceptors (Lipinski definition) is 0. The highest BCUT2D eigenvalue weighted by molar-refractivity contribution is 6.33. The number of alkyl halides is 1. The minimum atomic E-state index is -0.894. The number of halogens is 4. The minimum Gasteiger partial charge on any atom is -0.204 e. The van der Waals surface area contributed by atoms with Crippen molar-refractivity contribution < 1.29 is 8.78 Å². The summed E-state index contributed by atoms with van der Waals surface area (Å²) in [4.78, 5) is 0. The third kappa shape index (κ3) is 2.59. The van der Waals surface area contributed by atoms with Crippen molar-refractivity contribution in [2.24, 2.45) is 0 Å². The van der Waals surface area contributed by atoms with Crippen LogP contribution in [0, 0.1) is 11.6 Å². The largest absolute Gasteiger partial charge is 0.204 e. The molecule has 0 nitrogen and oxygen atoms in total. The monoisotopic (exact) mass is 272 g/mol. The lowest BCUT2D eigenvalue weighted by Crippen LogP contribution is -1.88. The van der Waals surface area contributed by atoms with E-state index in [1.54, 1.807) is 18.2 Å². The van der Waals surface area contributed by atoms with Crippen molar-refractivity contribution in [1.82, 2.24) is 0 Å². The van der Waals surface area contributed by atoms with E-state index in [2.05, 4.69) is 0 Å². The van der Waals surface area contributed by atoms with Crippen molar-refractivity contribution in [2.75, 3.05) is 0 Å². The molecule has 0 saturated heterocycles. The average Bonchev–Trinajstić information content (AvgIpc) is 2.33. The van der Waals surface area contributed by atoms with Crippen LogP contribution >= 0.6 is 23.2 Å². The predicted molar refractivity (Wildman–Crippen MR) is 66.4 cm³/mol. The smallest absolute Gasteiger partial charge is 0.159 e. The number of hydrogen-bond donors (Lipinski definition) is 0. The number of benzene rings is 2. The molecule has 88 valence electrons. The summed E-state index contributed by atoms with van der Waals surface area (Å²) in [7, 11) is 0. The van der Waals surface area contributed by atoms with Gasteiger partial charge in [-0.2, -0.15) is 0 Å². The molecule has 0 amide bonds. The Hall–Kier alpha value is -1.12. The van der Waals surface area contributed by atoms with Gasteiger partial charge in [-0.3, -0.25) is 0 Å². The van der Waals surface area contributed by atoms with Gasteiger partial charge in [0.2, 0.25) is 0 Å². The second-order valence-electron chi connectivity index (χ2n) is 3.58. The van der Waals surface area contributed by atoms with Gasteiger partial charge in [0.1, 0.15) is 0 Å². The highest BCUT2D eigenvalue weighted by Gasteiger charge is 2.08. The van der Waals surface area contributed by atoms with Crippen molar-refractivity contribution >= 4 is 23.2 Å². The highest BCUT2D eigenvalue weighted by Crippen LogP contribution is 2.30. The summed E-state index contributed by atoms with van der Waals surface area (Å²) in [5.41, 5.74) is 2.04. The van der Waals surface area contributed by atoms with Gasteiger partial charge in [0.15, 0.2) is 11.6 Å². The molecule has 0 unspecified atom stereocenters. The quantitative estimate of drug-likeness (QED) is 0.673. The van der Waals surface area contributed by atoms with E-state index >= 15 is 0 Å². The Bertz CT molecular complexity index is 553. The van der Waals surface area contributed by atoms with E-state index in [0.717, 1.165) is 17.7 Å². The van der Waals surface area contributed by atoms with Crippen LogP contribution < -0.4 is 0 Å². The second kappa shape index (κ2) is 5.03. The van der Waals surface area contributed by atoms with Crippen LogP contribution in [0.15, 0.2) is 36.4 Å². The molecule has 0 aliphatic rings. The van der Waals surface area contributed by atoms with E-state index < -0.39 is 11.6 Å². The van der Waals surface area contributed by atoms with Crippen molar-refractivity contribution in [3.05, 3.63) is 58.6 Å². The third-order valence-corrected chi connectivity index (χ3v) is 3.05. The van der Waals surface area contributed by atoms with Crippen LogP contribution in [0.1, 0.15) is 5.56 Å². The lowest BCUT2D eigenvalue weighted by molar-refractivity contribution is 0.509. The van der Waals surface area contributed by atoms with Crippen molar-refractivity contribution in [3.8, 4) is 11.1 Å². The lowest BCUT2D eigenvalue weighted by atomic mass is 10.0. The maximum absolute atomic E-state index is 13.1. The molecule has 0 aromatic heterocycles. The van der Waals surface area contributed by atoms with Crippen LogP contribution in [-0.2, 0) is 5.88 Å². The molecule has 0 N–H and O–H groups in total. The topological polar surface area (TPSA) is 0 Å². The highest BCUT2D eigenvalue weighted by atomic mass is 35.5. The number of rotatable bonds is 2. The fourth-order valence-corrected chi connectivity index (χ4v) is 1.93. The van der Waals surface area contributed by atoms with Crippen LogP contribution in [0.2, 0.25) is 5.02 Å². The first-order chi connectivity index (χ1) is 8.11. The summed E-state index contributed by atoms with van der Waals surface area (Å²) in [5.74, 6) is -1.43. The summed E-state index contributed by atoms with van der Waals surface area (Å²) in [6, 6.07) is 8.93. The third-order valence-electron chi connectivity index (χ3n) is 2.42. The molecule has 0 radical (unpaired) electrons. The molecule has 0 saturated carbocycles. The van der Waals surface area contributed by atoms with Gasteiger partial charge in [0, 0.05) is 16.5 Å². The van der Waals surface area contributed by atoms with Crippen LogP contribution in [-0.4, -0.2) is 0 Å². The molecule has 4 heteroatoms. The molecular weight excluding hydrogens is 265 g/mol. The van der Waals surface area contributed by atoms with Crippen LogP contribution in [0.5, 0.6) is 0 Å². The summed E-state index contributed by atoms with van der Waals surface area (Å²) < 4.78 is 26.0. The fourth-order valence-electron chi connectivity index (χ4n) is 1.54. The van der Waals surface area contributed by atoms with Gasteiger partial charge in [-0.1, -0.05) is 23.7 Å². The molecule has 0 aliphatic heterocycles. The van der Waals surface area contributed by atoms with E-state index in [-0.39, 0.29) is 0 Å². The Morgan fingerprint density at radius 3 is 2.35 bits per heavy atom. The minimum absolute atomic E-state index is 0.341. The van der Waals surface area contributed by atoms with Gasteiger partial charge in [-0.25, -0.2) is 8.78 Å². The maximum Gasteiger partial charge on any atom is 0.159 e. The van der Waals surface area contributed by atoms with Crippen molar-refractivity contribution in [1.29, 1.82) is 0 Å². The van der Waals surface area contributed by atoms with E-state index in [9.17, 15) is 8.78 Å². The molecule has 2 rings (SSSR count). The van der Waals surface area contributed by atoms with Crippen LogP contribution in [0.25, 0.3) is 11.1 Å². The van der Waals surface area contributed by atoms with E-state index in [1.807, 2.05) is 0 Å². The summed E-state index contributed by atoms with van der Waals surface area (Å²) >= 11 is 11.7. The van der Waals surface area contributed by atoms with Gasteiger partial charge in [-0.05, 0) is 35.4 Å².